The normalized spacial score (nSPS) is 10.3. The van der Waals surface area contributed by atoms with E-state index in [9.17, 15) is 4.79 Å². The molecule has 0 aromatic heterocycles. The van der Waals surface area contributed by atoms with Gasteiger partial charge in [-0.25, -0.2) is 0 Å². The maximum Gasteiger partial charge on any atom is 0.320 e. The maximum atomic E-state index is 10.6. The van der Waals surface area contributed by atoms with Gasteiger partial charge in [-0.2, -0.15) is 0 Å². The Labute approximate surface area is 78.6 Å². The van der Waals surface area contributed by atoms with Gasteiger partial charge in [0.05, 0.1) is 0 Å². The molecule has 12 heavy (non-hydrogen) atoms. The molecule has 0 aliphatic carbocycles. The quantitative estimate of drug-likeness (QED) is 0.468. The Morgan fingerprint density at radius 2 is 2.00 bits per heavy atom. The van der Waals surface area contributed by atoms with Crippen LogP contribution in [0.3, 0.4) is 0 Å². The van der Waals surface area contributed by atoms with Crippen LogP contribution < -0.4 is 0 Å². The second-order valence-electron chi connectivity index (χ2n) is 2.38. The monoisotopic (exact) mass is 193 g/mol. The zero-order chi connectivity index (χ0) is 9.40. The second-order valence-corrected chi connectivity index (χ2v) is 2.65. The van der Waals surface area contributed by atoms with Crippen LogP contribution in [-0.4, -0.2) is 43.0 Å². The van der Waals surface area contributed by atoms with Crippen LogP contribution in [0.25, 0.3) is 0 Å². The van der Waals surface area contributed by atoms with Crippen LogP contribution in [0.15, 0.2) is 0 Å². The Hall–Kier alpha value is -0.280. The number of alkyl halides is 1. The van der Waals surface area contributed by atoms with Crippen LogP contribution >= 0.6 is 11.6 Å². The molecule has 0 unspecified atom stereocenters. The standard InChI is InChI=1S/C8H16ClNO2/c1-3-10(4-2)5-6-12-8(11)7-9/h3-7H2,1-2H3. The van der Waals surface area contributed by atoms with E-state index >= 15 is 0 Å². The topological polar surface area (TPSA) is 29.5 Å². The van der Waals surface area contributed by atoms with Crippen molar-refractivity contribution in [2.24, 2.45) is 0 Å². The van der Waals surface area contributed by atoms with E-state index in [0.717, 1.165) is 19.6 Å². The van der Waals surface area contributed by atoms with E-state index in [1.165, 1.54) is 0 Å². The third-order valence-corrected chi connectivity index (χ3v) is 1.89. The smallest absolute Gasteiger partial charge is 0.320 e. The summed E-state index contributed by atoms with van der Waals surface area (Å²) in [6.45, 7) is 7.34. The van der Waals surface area contributed by atoms with Gasteiger partial charge in [0, 0.05) is 6.54 Å². The number of nitrogens with zero attached hydrogens (tertiary/aromatic N) is 1. The highest BCUT2D eigenvalue weighted by atomic mass is 35.5. The zero-order valence-corrected chi connectivity index (χ0v) is 8.43. The summed E-state index contributed by atoms with van der Waals surface area (Å²) in [4.78, 5) is 12.8. The first-order valence-corrected chi connectivity index (χ1v) is 4.72. The van der Waals surface area contributed by atoms with Crippen molar-refractivity contribution in [3.8, 4) is 0 Å². The minimum atomic E-state index is -0.344. The number of ether oxygens (including phenoxy) is 1. The van der Waals surface area contributed by atoms with Crippen LogP contribution in [0.2, 0.25) is 0 Å². The first kappa shape index (κ1) is 11.7. The van der Waals surface area contributed by atoms with E-state index in [1.807, 2.05) is 0 Å². The average Bonchev–Trinajstić information content (AvgIpc) is 2.12. The third kappa shape index (κ3) is 5.38. The van der Waals surface area contributed by atoms with Crippen molar-refractivity contribution in [3.63, 3.8) is 0 Å². The molecule has 0 heterocycles. The average molecular weight is 194 g/mol. The largest absolute Gasteiger partial charge is 0.463 e. The zero-order valence-electron chi connectivity index (χ0n) is 7.68. The summed E-state index contributed by atoms with van der Waals surface area (Å²) in [6.07, 6.45) is 0. The van der Waals surface area contributed by atoms with Gasteiger partial charge in [0.25, 0.3) is 0 Å². The summed E-state index contributed by atoms with van der Waals surface area (Å²) < 4.78 is 4.81. The molecule has 0 radical (unpaired) electrons. The lowest BCUT2D eigenvalue weighted by Crippen LogP contribution is -2.28. The van der Waals surface area contributed by atoms with E-state index in [-0.39, 0.29) is 11.8 Å². The van der Waals surface area contributed by atoms with Crippen LogP contribution in [-0.2, 0) is 9.53 Å². The van der Waals surface area contributed by atoms with Crippen LogP contribution in [0.5, 0.6) is 0 Å². The van der Waals surface area contributed by atoms with Crippen molar-refractivity contribution in [2.45, 2.75) is 13.8 Å². The summed E-state index contributed by atoms with van der Waals surface area (Å²) in [5.41, 5.74) is 0. The molecule has 0 fully saturated rings. The fourth-order valence-electron chi connectivity index (χ4n) is 0.867. The molecule has 0 rings (SSSR count). The second kappa shape index (κ2) is 7.37. The molecule has 0 bridgehead atoms. The van der Waals surface area contributed by atoms with Gasteiger partial charge in [-0.15, -0.1) is 11.6 Å². The van der Waals surface area contributed by atoms with Gasteiger partial charge in [0.2, 0.25) is 0 Å². The van der Waals surface area contributed by atoms with Crippen molar-refractivity contribution in [3.05, 3.63) is 0 Å². The molecule has 0 aliphatic rings. The maximum absolute atomic E-state index is 10.6. The molecular weight excluding hydrogens is 178 g/mol. The number of likely N-dealkylation sites (N-methyl/N-ethyl adjacent to an activating group) is 1. The van der Waals surface area contributed by atoms with Gasteiger partial charge in [-0.3, -0.25) is 4.79 Å². The van der Waals surface area contributed by atoms with Crippen molar-refractivity contribution in [1.82, 2.24) is 4.90 Å². The van der Waals surface area contributed by atoms with Gasteiger partial charge in [-0.1, -0.05) is 13.8 Å². The summed E-state index contributed by atoms with van der Waals surface area (Å²) >= 11 is 5.25. The first-order chi connectivity index (χ1) is 5.74. The lowest BCUT2D eigenvalue weighted by Gasteiger charge is -2.17. The van der Waals surface area contributed by atoms with Gasteiger partial charge in [-0.05, 0) is 13.1 Å². The summed E-state index contributed by atoms with van der Waals surface area (Å²) in [5, 5.41) is 0. The Balaban J connectivity index is 3.34. The van der Waals surface area contributed by atoms with Crippen molar-refractivity contribution in [1.29, 1.82) is 0 Å². The molecule has 0 aromatic carbocycles. The minimum absolute atomic E-state index is 0.0573. The van der Waals surface area contributed by atoms with Crippen LogP contribution in [0.4, 0.5) is 0 Å². The summed E-state index contributed by atoms with van der Waals surface area (Å²) in [5.74, 6) is -0.401. The molecule has 72 valence electrons. The molecular formula is C8H16ClNO2. The molecule has 0 aliphatic heterocycles. The molecule has 0 atom stereocenters. The lowest BCUT2D eigenvalue weighted by atomic mass is 10.5. The highest BCUT2D eigenvalue weighted by Crippen LogP contribution is 1.88. The Kier molecular flexibility index (Phi) is 7.20. The molecule has 0 saturated carbocycles. The van der Waals surface area contributed by atoms with E-state index < -0.39 is 0 Å². The number of hydrogen-bond donors (Lipinski definition) is 0. The first-order valence-electron chi connectivity index (χ1n) is 4.18. The number of esters is 1. The van der Waals surface area contributed by atoms with E-state index in [2.05, 4.69) is 18.7 Å². The number of rotatable bonds is 6. The molecule has 4 heteroatoms. The van der Waals surface area contributed by atoms with Gasteiger partial charge < -0.3 is 9.64 Å². The summed E-state index contributed by atoms with van der Waals surface area (Å²) in [7, 11) is 0. The highest BCUT2D eigenvalue weighted by Gasteiger charge is 2.01. The minimum Gasteiger partial charge on any atom is -0.463 e. The fraction of sp³-hybridized carbons (Fsp3) is 0.875. The van der Waals surface area contributed by atoms with E-state index in [1.54, 1.807) is 0 Å². The molecule has 0 N–H and O–H groups in total. The van der Waals surface area contributed by atoms with Crippen molar-refractivity contribution in [2.75, 3.05) is 32.1 Å². The highest BCUT2D eigenvalue weighted by molar-refractivity contribution is 6.26. The van der Waals surface area contributed by atoms with E-state index in [4.69, 9.17) is 16.3 Å². The molecule has 0 aromatic rings. The predicted octanol–water partition coefficient (Wildman–Crippen LogP) is 1.11. The van der Waals surface area contributed by atoms with Gasteiger partial charge in [0.1, 0.15) is 12.5 Å². The Morgan fingerprint density at radius 3 is 2.42 bits per heavy atom. The van der Waals surface area contributed by atoms with Crippen LogP contribution in [0.1, 0.15) is 13.8 Å². The van der Waals surface area contributed by atoms with E-state index in [0.29, 0.717) is 6.61 Å². The summed E-state index contributed by atoms with van der Waals surface area (Å²) in [6, 6.07) is 0. The van der Waals surface area contributed by atoms with Gasteiger partial charge in [0.15, 0.2) is 0 Å². The van der Waals surface area contributed by atoms with Gasteiger partial charge >= 0.3 is 5.97 Å². The molecule has 0 saturated heterocycles. The Morgan fingerprint density at radius 1 is 1.42 bits per heavy atom. The Bertz CT molecular complexity index is 126. The number of carbonyl (C=O) groups is 1. The van der Waals surface area contributed by atoms with Crippen molar-refractivity contribution < 1.29 is 9.53 Å². The fourth-order valence-corrected chi connectivity index (χ4v) is 0.944. The molecule has 0 amide bonds. The predicted molar refractivity (Wildman–Crippen MR) is 49.5 cm³/mol. The van der Waals surface area contributed by atoms with Crippen LogP contribution in [0, 0.1) is 0 Å². The number of hydrogen-bond acceptors (Lipinski definition) is 3. The molecule has 0 spiro atoms. The number of carbonyl (C=O) groups excluding carboxylic acids is 1. The third-order valence-electron chi connectivity index (χ3n) is 1.67. The van der Waals surface area contributed by atoms with Crippen molar-refractivity contribution >= 4 is 17.6 Å². The SMILES string of the molecule is CCN(CC)CCOC(=O)CCl. The number of halogens is 1. The lowest BCUT2D eigenvalue weighted by molar-refractivity contribution is -0.140. The molecule has 3 nitrogen and oxygen atoms in total.